The lowest BCUT2D eigenvalue weighted by Crippen LogP contribution is -2.29. The van der Waals surface area contributed by atoms with Crippen LogP contribution in [0.15, 0.2) is 0 Å². The molecular weight excluding hydrogens is 190 g/mol. The number of hydrogen-bond acceptors (Lipinski definition) is 3. The minimum absolute atomic E-state index is 0.0811. The topological polar surface area (TPSA) is 21.7 Å². The van der Waals surface area contributed by atoms with E-state index in [9.17, 15) is 0 Å². The molecule has 0 radical (unpaired) electrons. The van der Waals surface area contributed by atoms with E-state index in [0.717, 1.165) is 26.1 Å². The highest BCUT2D eigenvalue weighted by Gasteiger charge is 2.07. The van der Waals surface area contributed by atoms with E-state index in [1.54, 1.807) is 14.2 Å². The zero-order chi connectivity index (χ0) is 10.1. The molecular formula is C9H20ClNO2. The Morgan fingerprint density at radius 2 is 2.00 bits per heavy atom. The van der Waals surface area contributed by atoms with Gasteiger partial charge in [0.2, 0.25) is 0 Å². The first-order chi connectivity index (χ1) is 6.20. The Kier molecular flexibility index (Phi) is 8.87. The first kappa shape index (κ1) is 13.2. The average molecular weight is 210 g/mol. The Balaban J connectivity index is 3.32. The van der Waals surface area contributed by atoms with E-state index < -0.39 is 0 Å². The molecule has 0 aromatic heterocycles. The maximum atomic E-state index is 5.99. The van der Waals surface area contributed by atoms with Crippen molar-refractivity contribution in [3.63, 3.8) is 0 Å². The summed E-state index contributed by atoms with van der Waals surface area (Å²) in [5.74, 6) is 0. The van der Waals surface area contributed by atoms with Crippen molar-refractivity contribution < 1.29 is 9.47 Å². The molecule has 1 unspecified atom stereocenters. The van der Waals surface area contributed by atoms with Gasteiger partial charge in [0.05, 0.1) is 12.0 Å². The second-order valence-corrected chi connectivity index (χ2v) is 3.78. The molecule has 0 spiro atoms. The van der Waals surface area contributed by atoms with E-state index >= 15 is 0 Å². The molecule has 0 aliphatic heterocycles. The van der Waals surface area contributed by atoms with E-state index in [-0.39, 0.29) is 5.38 Å². The zero-order valence-electron chi connectivity index (χ0n) is 8.75. The van der Waals surface area contributed by atoms with Crippen LogP contribution >= 0.6 is 11.6 Å². The molecule has 0 N–H and O–H groups in total. The summed E-state index contributed by atoms with van der Waals surface area (Å²) in [7, 11) is 5.44. The standard InChI is InChI=1S/C9H20ClNO2/c1-11(5-4-6-12-2)7-9(10)8-13-3/h9H,4-8H2,1-3H3. The molecule has 0 aromatic rings. The molecule has 0 amide bonds. The van der Waals surface area contributed by atoms with E-state index in [1.807, 2.05) is 0 Å². The van der Waals surface area contributed by atoms with Gasteiger partial charge in [0, 0.05) is 33.9 Å². The van der Waals surface area contributed by atoms with Crippen molar-refractivity contribution in [3.05, 3.63) is 0 Å². The van der Waals surface area contributed by atoms with Gasteiger partial charge in [-0.25, -0.2) is 0 Å². The number of hydrogen-bond donors (Lipinski definition) is 0. The molecule has 0 heterocycles. The van der Waals surface area contributed by atoms with Crippen molar-refractivity contribution in [3.8, 4) is 0 Å². The molecule has 0 aromatic carbocycles. The van der Waals surface area contributed by atoms with Crippen LogP contribution in [0.25, 0.3) is 0 Å². The summed E-state index contributed by atoms with van der Waals surface area (Å²) >= 11 is 5.99. The van der Waals surface area contributed by atoms with Crippen LogP contribution < -0.4 is 0 Å². The molecule has 0 rings (SSSR count). The van der Waals surface area contributed by atoms with Gasteiger partial charge in [-0.1, -0.05) is 0 Å². The molecule has 0 aliphatic rings. The summed E-state index contributed by atoms with van der Waals surface area (Å²) in [6.07, 6.45) is 1.05. The number of ether oxygens (including phenoxy) is 2. The zero-order valence-corrected chi connectivity index (χ0v) is 9.51. The van der Waals surface area contributed by atoms with Crippen molar-refractivity contribution >= 4 is 11.6 Å². The van der Waals surface area contributed by atoms with Gasteiger partial charge in [-0.05, 0) is 13.5 Å². The third kappa shape index (κ3) is 8.50. The normalized spacial score (nSPS) is 13.6. The largest absolute Gasteiger partial charge is 0.385 e. The highest BCUT2D eigenvalue weighted by atomic mass is 35.5. The maximum Gasteiger partial charge on any atom is 0.0696 e. The molecule has 3 nitrogen and oxygen atoms in total. The van der Waals surface area contributed by atoms with Crippen LogP contribution in [0.3, 0.4) is 0 Å². The third-order valence-electron chi connectivity index (χ3n) is 1.75. The van der Waals surface area contributed by atoms with E-state index in [2.05, 4.69) is 11.9 Å². The lowest BCUT2D eigenvalue weighted by Gasteiger charge is -2.19. The number of halogens is 1. The first-order valence-electron chi connectivity index (χ1n) is 4.51. The van der Waals surface area contributed by atoms with Crippen LogP contribution in [0.2, 0.25) is 0 Å². The minimum atomic E-state index is 0.0811. The lowest BCUT2D eigenvalue weighted by molar-refractivity contribution is 0.165. The summed E-state index contributed by atoms with van der Waals surface area (Å²) < 4.78 is 9.91. The van der Waals surface area contributed by atoms with E-state index in [0.29, 0.717) is 6.61 Å². The lowest BCUT2D eigenvalue weighted by atomic mass is 10.3. The van der Waals surface area contributed by atoms with Crippen LogP contribution in [0, 0.1) is 0 Å². The Morgan fingerprint density at radius 1 is 1.31 bits per heavy atom. The minimum Gasteiger partial charge on any atom is -0.385 e. The Bertz CT molecular complexity index is 114. The molecule has 0 aliphatic carbocycles. The fraction of sp³-hybridized carbons (Fsp3) is 1.00. The first-order valence-corrected chi connectivity index (χ1v) is 4.94. The molecule has 0 fully saturated rings. The van der Waals surface area contributed by atoms with Gasteiger partial charge in [0.25, 0.3) is 0 Å². The van der Waals surface area contributed by atoms with E-state index in [4.69, 9.17) is 21.1 Å². The van der Waals surface area contributed by atoms with Gasteiger partial charge >= 0.3 is 0 Å². The van der Waals surface area contributed by atoms with Crippen molar-refractivity contribution in [1.82, 2.24) is 4.90 Å². The number of alkyl halides is 1. The summed E-state index contributed by atoms with van der Waals surface area (Å²) in [4.78, 5) is 2.19. The molecule has 1 atom stereocenters. The fourth-order valence-corrected chi connectivity index (χ4v) is 1.50. The number of methoxy groups -OCH3 is 2. The van der Waals surface area contributed by atoms with Crippen LogP contribution in [0.1, 0.15) is 6.42 Å². The average Bonchev–Trinajstić information content (AvgIpc) is 2.05. The quantitative estimate of drug-likeness (QED) is 0.443. The van der Waals surface area contributed by atoms with E-state index in [1.165, 1.54) is 0 Å². The molecule has 0 saturated heterocycles. The summed E-state index contributed by atoms with van der Waals surface area (Å²) in [6, 6.07) is 0. The maximum absolute atomic E-state index is 5.99. The molecule has 13 heavy (non-hydrogen) atoms. The third-order valence-corrected chi connectivity index (χ3v) is 2.01. The molecule has 0 saturated carbocycles. The van der Waals surface area contributed by atoms with Crippen LogP contribution in [-0.4, -0.2) is 57.8 Å². The Morgan fingerprint density at radius 3 is 2.54 bits per heavy atom. The highest BCUT2D eigenvalue weighted by Crippen LogP contribution is 1.99. The van der Waals surface area contributed by atoms with Crippen LogP contribution in [0.5, 0.6) is 0 Å². The summed E-state index contributed by atoms with van der Waals surface area (Å²) in [5.41, 5.74) is 0. The smallest absolute Gasteiger partial charge is 0.0696 e. The predicted octanol–water partition coefficient (Wildman–Crippen LogP) is 1.21. The van der Waals surface area contributed by atoms with Gasteiger partial charge in [-0.3, -0.25) is 0 Å². The monoisotopic (exact) mass is 209 g/mol. The number of rotatable bonds is 8. The Hall–Kier alpha value is 0.170. The highest BCUT2D eigenvalue weighted by molar-refractivity contribution is 6.20. The van der Waals surface area contributed by atoms with Gasteiger partial charge in [-0.15, -0.1) is 11.6 Å². The van der Waals surface area contributed by atoms with Gasteiger partial charge in [0.15, 0.2) is 0 Å². The van der Waals surface area contributed by atoms with Crippen LogP contribution in [0.4, 0.5) is 0 Å². The molecule has 80 valence electrons. The van der Waals surface area contributed by atoms with Gasteiger partial charge in [0.1, 0.15) is 0 Å². The SMILES string of the molecule is COCCCN(C)CC(Cl)COC. The molecule has 4 heteroatoms. The second kappa shape index (κ2) is 8.75. The van der Waals surface area contributed by atoms with Crippen LogP contribution in [-0.2, 0) is 9.47 Å². The number of nitrogens with zero attached hydrogens (tertiary/aromatic N) is 1. The van der Waals surface area contributed by atoms with Gasteiger partial charge in [-0.2, -0.15) is 0 Å². The van der Waals surface area contributed by atoms with Crippen molar-refractivity contribution in [1.29, 1.82) is 0 Å². The van der Waals surface area contributed by atoms with Crippen molar-refractivity contribution in [2.24, 2.45) is 0 Å². The Labute approximate surface area is 85.9 Å². The second-order valence-electron chi connectivity index (χ2n) is 3.16. The van der Waals surface area contributed by atoms with Gasteiger partial charge < -0.3 is 14.4 Å². The summed E-state index contributed by atoms with van der Waals surface area (Å²) in [5, 5.41) is 0.0811. The molecule has 0 bridgehead atoms. The predicted molar refractivity (Wildman–Crippen MR) is 55.5 cm³/mol. The van der Waals surface area contributed by atoms with Crippen molar-refractivity contribution in [2.45, 2.75) is 11.8 Å². The summed E-state index contributed by atoms with van der Waals surface area (Å²) in [6.45, 7) is 3.29. The fourth-order valence-electron chi connectivity index (χ4n) is 1.14. The van der Waals surface area contributed by atoms with Crippen molar-refractivity contribution in [2.75, 3.05) is 47.6 Å².